The lowest BCUT2D eigenvalue weighted by atomic mass is 10.3. The molecule has 1 aromatic heterocycles. The summed E-state index contributed by atoms with van der Waals surface area (Å²) in [6.07, 6.45) is 0. The Bertz CT molecular complexity index is 645. The van der Waals surface area contributed by atoms with Crippen LogP contribution in [-0.2, 0) is 11.3 Å². The van der Waals surface area contributed by atoms with E-state index in [0.717, 1.165) is 12.2 Å². The van der Waals surface area contributed by atoms with E-state index in [9.17, 15) is 9.18 Å². The van der Waals surface area contributed by atoms with Crippen molar-refractivity contribution in [3.8, 4) is 0 Å². The zero-order chi connectivity index (χ0) is 16.8. The minimum absolute atomic E-state index is 0.0972. The van der Waals surface area contributed by atoms with Crippen LogP contribution < -0.4 is 4.90 Å². The molecule has 0 aliphatic heterocycles. The Kier molecular flexibility index (Phi) is 6.20. The highest BCUT2D eigenvalue weighted by Crippen LogP contribution is 2.29. The molecule has 1 amide bonds. The summed E-state index contributed by atoms with van der Waals surface area (Å²) >= 11 is 1.37. The topological polar surface area (TPSA) is 56.7 Å². The van der Waals surface area contributed by atoms with E-state index in [1.807, 2.05) is 12.3 Å². The van der Waals surface area contributed by atoms with Gasteiger partial charge >= 0.3 is 0 Å². The summed E-state index contributed by atoms with van der Waals surface area (Å²) in [5, 5.41) is 11.5. The third-order valence-electron chi connectivity index (χ3n) is 3.38. The number of aliphatic hydroxyl groups is 1. The first kappa shape index (κ1) is 17.5. The summed E-state index contributed by atoms with van der Waals surface area (Å²) < 4.78 is 13.1. The van der Waals surface area contributed by atoms with Gasteiger partial charge in [0.2, 0.25) is 5.91 Å². The van der Waals surface area contributed by atoms with Gasteiger partial charge in [-0.25, -0.2) is 9.37 Å². The Labute approximate surface area is 139 Å². The molecule has 0 unspecified atom stereocenters. The predicted octanol–water partition coefficient (Wildman–Crippen LogP) is 2.78. The summed E-state index contributed by atoms with van der Waals surface area (Å²) in [7, 11) is 0. The zero-order valence-corrected chi connectivity index (χ0v) is 14.0. The summed E-state index contributed by atoms with van der Waals surface area (Å²) in [5.41, 5.74) is 1.43. The molecule has 1 heterocycles. The highest BCUT2D eigenvalue weighted by Gasteiger charge is 2.18. The van der Waals surface area contributed by atoms with Gasteiger partial charge in [-0.1, -0.05) is 6.92 Å². The van der Waals surface area contributed by atoms with Gasteiger partial charge in [0.05, 0.1) is 18.0 Å². The van der Waals surface area contributed by atoms with Crippen molar-refractivity contribution in [1.82, 2.24) is 9.88 Å². The number of halogens is 1. The van der Waals surface area contributed by atoms with Crippen LogP contribution in [0.4, 0.5) is 15.2 Å². The van der Waals surface area contributed by atoms with Crippen LogP contribution in [0, 0.1) is 5.82 Å². The highest BCUT2D eigenvalue weighted by molar-refractivity contribution is 7.14. The van der Waals surface area contributed by atoms with E-state index in [1.54, 1.807) is 12.1 Å². The number of carbonyl (C=O) groups is 1. The van der Waals surface area contributed by atoms with Crippen molar-refractivity contribution in [3.05, 3.63) is 41.2 Å². The van der Waals surface area contributed by atoms with Gasteiger partial charge in [-0.2, -0.15) is 0 Å². The lowest BCUT2D eigenvalue weighted by Crippen LogP contribution is -2.26. The summed E-state index contributed by atoms with van der Waals surface area (Å²) in [6, 6.07) is 5.75. The number of anilines is 2. The van der Waals surface area contributed by atoms with Gasteiger partial charge in [0, 0.05) is 25.4 Å². The van der Waals surface area contributed by atoms with Crippen LogP contribution in [0.5, 0.6) is 0 Å². The van der Waals surface area contributed by atoms with Gasteiger partial charge in [-0.3, -0.25) is 14.6 Å². The van der Waals surface area contributed by atoms with E-state index >= 15 is 0 Å². The molecule has 2 rings (SSSR count). The number of hydrogen-bond donors (Lipinski definition) is 1. The predicted molar refractivity (Wildman–Crippen MR) is 89.4 cm³/mol. The van der Waals surface area contributed by atoms with Gasteiger partial charge in [0.15, 0.2) is 5.13 Å². The average molecular weight is 337 g/mol. The number of nitrogens with zero attached hydrogens (tertiary/aromatic N) is 3. The van der Waals surface area contributed by atoms with E-state index in [4.69, 9.17) is 5.11 Å². The van der Waals surface area contributed by atoms with Crippen molar-refractivity contribution >= 4 is 28.1 Å². The molecule has 1 aromatic carbocycles. The van der Waals surface area contributed by atoms with Crippen molar-refractivity contribution in [1.29, 1.82) is 0 Å². The highest BCUT2D eigenvalue weighted by atomic mass is 32.1. The fraction of sp³-hybridized carbons (Fsp3) is 0.375. The van der Waals surface area contributed by atoms with E-state index in [2.05, 4.69) is 9.88 Å². The first-order valence-corrected chi connectivity index (χ1v) is 8.27. The number of aromatic nitrogens is 1. The summed E-state index contributed by atoms with van der Waals surface area (Å²) in [4.78, 5) is 20.0. The quantitative estimate of drug-likeness (QED) is 0.844. The second kappa shape index (κ2) is 8.14. The number of benzene rings is 1. The molecule has 1 N–H and O–H groups in total. The molecule has 0 aliphatic carbocycles. The molecular weight excluding hydrogens is 317 g/mol. The largest absolute Gasteiger partial charge is 0.395 e. The summed E-state index contributed by atoms with van der Waals surface area (Å²) in [6.45, 7) is 5.57. The molecule has 2 aromatic rings. The molecular formula is C16H20FN3O2S. The standard InChI is InChI=1S/C16H20FN3O2S/c1-3-19(8-9-21)10-14-11-23-16(18-14)20(12(2)22)15-6-4-13(17)5-7-15/h4-7,11,21H,3,8-10H2,1-2H3. The second-order valence-corrected chi connectivity index (χ2v) is 5.88. The maximum Gasteiger partial charge on any atom is 0.230 e. The van der Waals surface area contributed by atoms with Crippen molar-refractivity contribution in [2.24, 2.45) is 0 Å². The van der Waals surface area contributed by atoms with Crippen LogP contribution in [0.1, 0.15) is 19.5 Å². The number of thiazole rings is 1. The maximum absolute atomic E-state index is 13.1. The third-order valence-corrected chi connectivity index (χ3v) is 4.25. The second-order valence-electron chi connectivity index (χ2n) is 5.04. The van der Waals surface area contributed by atoms with Crippen molar-refractivity contribution in [2.45, 2.75) is 20.4 Å². The van der Waals surface area contributed by atoms with Crippen molar-refractivity contribution in [2.75, 3.05) is 24.6 Å². The molecule has 0 saturated heterocycles. The molecule has 124 valence electrons. The van der Waals surface area contributed by atoms with Gasteiger partial charge in [-0.05, 0) is 30.8 Å². The number of likely N-dealkylation sites (N-methyl/N-ethyl adjacent to an activating group) is 1. The Morgan fingerprint density at radius 1 is 1.35 bits per heavy atom. The van der Waals surface area contributed by atoms with Crippen LogP contribution in [-0.4, -0.2) is 40.6 Å². The van der Waals surface area contributed by atoms with Crippen LogP contribution in [0.3, 0.4) is 0 Å². The lowest BCUT2D eigenvalue weighted by molar-refractivity contribution is -0.115. The third kappa shape index (κ3) is 4.57. The first-order valence-electron chi connectivity index (χ1n) is 7.39. The van der Waals surface area contributed by atoms with Crippen LogP contribution in [0.15, 0.2) is 29.6 Å². The molecule has 5 nitrogen and oxygen atoms in total. The molecule has 0 radical (unpaired) electrons. The van der Waals surface area contributed by atoms with E-state index in [1.165, 1.54) is 35.3 Å². The van der Waals surface area contributed by atoms with Crippen molar-refractivity contribution in [3.63, 3.8) is 0 Å². The number of amides is 1. The molecule has 0 spiro atoms. The minimum atomic E-state index is -0.348. The number of rotatable bonds is 7. The molecule has 0 bridgehead atoms. The number of aliphatic hydroxyl groups excluding tert-OH is 1. The molecule has 0 fully saturated rings. The molecule has 0 saturated carbocycles. The van der Waals surface area contributed by atoms with E-state index in [0.29, 0.717) is 23.9 Å². The molecule has 0 aliphatic rings. The van der Waals surface area contributed by atoms with E-state index < -0.39 is 0 Å². The van der Waals surface area contributed by atoms with Crippen LogP contribution >= 0.6 is 11.3 Å². The van der Waals surface area contributed by atoms with Crippen LogP contribution in [0.25, 0.3) is 0 Å². The zero-order valence-electron chi connectivity index (χ0n) is 13.2. The first-order chi connectivity index (χ1) is 11.0. The van der Waals surface area contributed by atoms with Gasteiger partial charge in [0.1, 0.15) is 5.82 Å². The van der Waals surface area contributed by atoms with Gasteiger partial charge in [0.25, 0.3) is 0 Å². The molecule has 7 heteroatoms. The summed E-state index contributed by atoms with van der Waals surface area (Å²) in [5.74, 6) is -0.528. The van der Waals surface area contributed by atoms with Crippen molar-refractivity contribution < 1.29 is 14.3 Å². The van der Waals surface area contributed by atoms with Crippen LogP contribution in [0.2, 0.25) is 0 Å². The fourth-order valence-corrected chi connectivity index (χ4v) is 3.09. The monoisotopic (exact) mass is 337 g/mol. The number of carbonyl (C=O) groups excluding carboxylic acids is 1. The SMILES string of the molecule is CCN(CCO)Cc1csc(N(C(C)=O)c2ccc(F)cc2)n1. The maximum atomic E-state index is 13.1. The smallest absolute Gasteiger partial charge is 0.230 e. The Morgan fingerprint density at radius 3 is 2.61 bits per heavy atom. The molecule has 0 atom stereocenters. The van der Waals surface area contributed by atoms with E-state index in [-0.39, 0.29) is 18.3 Å². The Morgan fingerprint density at radius 2 is 2.04 bits per heavy atom. The average Bonchev–Trinajstić information content (AvgIpc) is 2.96. The van der Waals surface area contributed by atoms with Gasteiger partial charge < -0.3 is 5.11 Å². The minimum Gasteiger partial charge on any atom is -0.395 e. The number of hydrogen-bond acceptors (Lipinski definition) is 5. The molecule has 23 heavy (non-hydrogen) atoms. The van der Waals surface area contributed by atoms with Gasteiger partial charge in [-0.15, -0.1) is 11.3 Å². The fourth-order valence-electron chi connectivity index (χ4n) is 2.21. The normalized spacial score (nSPS) is 11.0. The lowest BCUT2D eigenvalue weighted by Gasteiger charge is -2.19. The Hall–Kier alpha value is -1.83. The Balaban J connectivity index is 2.21.